The fourth-order valence-electron chi connectivity index (χ4n) is 3.96. The van der Waals surface area contributed by atoms with Crippen LogP contribution in [0.1, 0.15) is 51.8 Å². The van der Waals surface area contributed by atoms with Crippen LogP contribution in [0.15, 0.2) is 109 Å². The average molecular weight is 563 g/mol. The number of phenols is 1. The zero-order valence-electron chi connectivity index (χ0n) is 24.4. The van der Waals surface area contributed by atoms with Gasteiger partial charge >= 0.3 is 0 Å². The molecule has 5 aromatic carbocycles. The van der Waals surface area contributed by atoms with Gasteiger partial charge in [0.2, 0.25) is 0 Å². The van der Waals surface area contributed by atoms with Crippen molar-refractivity contribution >= 4 is 28.1 Å². The Balaban J connectivity index is 0.000000183. The first-order chi connectivity index (χ1) is 20.1. The van der Waals surface area contributed by atoms with E-state index in [-0.39, 0.29) is 17.3 Å². The fourth-order valence-corrected chi connectivity index (χ4v) is 3.96. The summed E-state index contributed by atoms with van der Waals surface area (Å²) in [5.41, 5.74) is 4.29. The third-order valence-electron chi connectivity index (χ3n) is 6.44. The van der Waals surface area contributed by atoms with E-state index in [9.17, 15) is 19.5 Å². The fraction of sp³-hybridized carbons (Fsp3) is 0.139. The van der Waals surface area contributed by atoms with Gasteiger partial charge in [0.1, 0.15) is 17.2 Å². The number of carbonyl (C=O) groups is 3. The molecule has 0 aliphatic heterocycles. The van der Waals surface area contributed by atoms with E-state index in [0.29, 0.717) is 22.4 Å². The van der Waals surface area contributed by atoms with Gasteiger partial charge < -0.3 is 14.6 Å². The van der Waals surface area contributed by atoms with Gasteiger partial charge in [-0.1, -0.05) is 54.6 Å². The van der Waals surface area contributed by atoms with Gasteiger partial charge in [0.15, 0.2) is 17.3 Å². The van der Waals surface area contributed by atoms with Gasteiger partial charge in [-0.3, -0.25) is 14.4 Å². The van der Waals surface area contributed by atoms with Crippen LogP contribution in [0.4, 0.5) is 0 Å². The second-order valence-corrected chi connectivity index (χ2v) is 9.45. The molecule has 0 amide bonds. The number of hydrogen-bond acceptors (Lipinski definition) is 6. The number of ketones is 3. The molecular formula is C36H34O6. The Morgan fingerprint density at radius 1 is 0.476 bits per heavy atom. The molecule has 42 heavy (non-hydrogen) atoms. The van der Waals surface area contributed by atoms with Crippen molar-refractivity contribution < 1.29 is 29.0 Å². The maximum Gasteiger partial charge on any atom is 0.159 e. The third kappa shape index (κ3) is 8.89. The number of carbonyl (C=O) groups excluding carboxylic acids is 3. The Labute approximate surface area is 246 Å². The molecule has 1 N–H and O–H groups in total. The summed E-state index contributed by atoms with van der Waals surface area (Å²) in [7, 11) is 3.26. The first kappa shape index (κ1) is 31.3. The number of ether oxygens (including phenoxy) is 2. The lowest BCUT2D eigenvalue weighted by Gasteiger charge is -2.06. The quantitative estimate of drug-likeness (QED) is 0.210. The minimum Gasteiger partial charge on any atom is -0.508 e. The summed E-state index contributed by atoms with van der Waals surface area (Å²) in [4.78, 5) is 32.5. The minimum absolute atomic E-state index is 0.0186. The highest BCUT2D eigenvalue weighted by Gasteiger charge is 2.02. The largest absolute Gasteiger partial charge is 0.508 e. The Hall–Kier alpha value is -5.23. The van der Waals surface area contributed by atoms with Crippen LogP contribution >= 0.6 is 0 Å². The minimum atomic E-state index is 0.0186. The molecule has 0 aliphatic rings. The second-order valence-electron chi connectivity index (χ2n) is 9.45. The van der Waals surface area contributed by atoms with Crippen molar-refractivity contribution in [3.05, 3.63) is 126 Å². The average Bonchev–Trinajstić information content (AvgIpc) is 3.01. The highest BCUT2D eigenvalue weighted by atomic mass is 16.5. The van der Waals surface area contributed by atoms with E-state index in [0.717, 1.165) is 33.4 Å². The number of aromatic hydroxyl groups is 1. The summed E-state index contributed by atoms with van der Waals surface area (Å²) in [6, 6.07) is 33.3. The van der Waals surface area contributed by atoms with Crippen LogP contribution in [0, 0.1) is 0 Å². The maximum absolute atomic E-state index is 10.8. The van der Waals surface area contributed by atoms with Gasteiger partial charge in [0, 0.05) is 16.7 Å². The SMILES string of the molecule is CC(=O)c1ccc(C(C)=O)cc1.COc1ccc(-c2ccc3cc(O)ccc3c2)cc1.COc1ccc(C(C)=O)cc1. The molecule has 0 fully saturated rings. The van der Waals surface area contributed by atoms with Gasteiger partial charge in [-0.25, -0.2) is 0 Å². The van der Waals surface area contributed by atoms with Crippen molar-refractivity contribution in [2.45, 2.75) is 20.8 Å². The summed E-state index contributed by atoms with van der Waals surface area (Å²) < 4.78 is 10.1. The van der Waals surface area contributed by atoms with Crippen molar-refractivity contribution in [2.24, 2.45) is 0 Å². The Morgan fingerprint density at radius 2 is 0.833 bits per heavy atom. The Morgan fingerprint density at radius 3 is 1.26 bits per heavy atom. The molecule has 0 atom stereocenters. The highest BCUT2D eigenvalue weighted by molar-refractivity contribution is 5.97. The molecule has 0 heterocycles. The molecular weight excluding hydrogens is 528 g/mol. The Bertz CT molecular complexity index is 1620. The first-order valence-corrected chi connectivity index (χ1v) is 13.3. The van der Waals surface area contributed by atoms with Crippen molar-refractivity contribution in [1.29, 1.82) is 0 Å². The molecule has 5 aromatic rings. The van der Waals surface area contributed by atoms with Crippen LogP contribution < -0.4 is 9.47 Å². The number of phenolic OH excluding ortho intramolecular Hbond substituents is 1. The second kappa shape index (κ2) is 15.0. The maximum atomic E-state index is 10.8. The van der Waals surface area contributed by atoms with Gasteiger partial charge in [-0.15, -0.1) is 0 Å². The van der Waals surface area contributed by atoms with Crippen molar-refractivity contribution in [2.75, 3.05) is 14.2 Å². The van der Waals surface area contributed by atoms with E-state index in [2.05, 4.69) is 12.1 Å². The molecule has 0 bridgehead atoms. The number of benzene rings is 5. The van der Waals surface area contributed by atoms with Gasteiger partial charge in [0.05, 0.1) is 14.2 Å². The van der Waals surface area contributed by atoms with Crippen LogP contribution in [-0.2, 0) is 0 Å². The number of rotatable bonds is 6. The summed E-state index contributed by atoms with van der Waals surface area (Å²) in [5, 5.41) is 11.6. The monoisotopic (exact) mass is 562 g/mol. The van der Waals surface area contributed by atoms with Crippen molar-refractivity contribution in [3.63, 3.8) is 0 Å². The molecule has 0 radical (unpaired) electrons. The van der Waals surface area contributed by atoms with Gasteiger partial charge in [0.25, 0.3) is 0 Å². The zero-order chi connectivity index (χ0) is 30.6. The van der Waals surface area contributed by atoms with E-state index in [1.54, 1.807) is 81.8 Å². The zero-order valence-corrected chi connectivity index (χ0v) is 24.4. The number of fused-ring (bicyclic) bond motifs is 1. The third-order valence-corrected chi connectivity index (χ3v) is 6.44. The van der Waals surface area contributed by atoms with Crippen molar-refractivity contribution in [1.82, 2.24) is 0 Å². The van der Waals surface area contributed by atoms with Crippen LogP contribution in [0.25, 0.3) is 21.9 Å². The number of Topliss-reactive ketones (excluding diaryl/α,β-unsaturated/α-hetero) is 3. The summed E-state index contributed by atoms with van der Waals surface area (Å²) >= 11 is 0. The molecule has 6 heteroatoms. The molecule has 0 spiro atoms. The topological polar surface area (TPSA) is 89.9 Å². The summed E-state index contributed by atoms with van der Waals surface area (Å²) in [6.45, 7) is 4.55. The molecule has 214 valence electrons. The standard InChI is InChI=1S/C17H14O2.C10H10O2.C9H10O2/c1-19-17-8-5-12(6-9-17)13-2-3-15-11-16(18)7-4-14(15)10-13;1-7(11)9-3-5-10(6-4-9)8(2)12;1-7(10)8-3-5-9(11-2)6-4-8/h2-11,18H,1H3;3-6H,1-2H3;3-6H,1-2H3. The Kier molecular flexibility index (Phi) is 11.1. The molecule has 5 rings (SSSR count). The first-order valence-electron chi connectivity index (χ1n) is 13.3. The van der Waals surface area contributed by atoms with E-state index in [1.165, 1.54) is 13.8 Å². The van der Waals surface area contributed by atoms with E-state index >= 15 is 0 Å². The molecule has 0 saturated carbocycles. The van der Waals surface area contributed by atoms with Gasteiger partial charge in [-0.2, -0.15) is 0 Å². The van der Waals surface area contributed by atoms with Crippen LogP contribution in [0.2, 0.25) is 0 Å². The van der Waals surface area contributed by atoms with Crippen molar-refractivity contribution in [3.8, 4) is 28.4 Å². The lowest BCUT2D eigenvalue weighted by Crippen LogP contribution is -1.95. The van der Waals surface area contributed by atoms with E-state index < -0.39 is 0 Å². The predicted molar refractivity (Wildman–Crippen MR) is 167 cm³/mol. The smallest absolute Gasteiger partial charge is 0.159 e. The normalized spacial score (nSPS) is 9.93. The van der Waals surface area contributed by atoms with Crippen LogP contribution in [0.3, 0.4) is 0 Å². The predicted octanol–water partition coefficient (Wildman–Crippen LogP) is 8.21. The highest BCUT2D eigenvalue weighted by Crippen LogP contribution is 2.27. The summed E-state index contributed by atoms with van der Waals surface area (Å²) in [5.74, 6) is 2.04. The molecule has 0 saturated heterocycles. The molecule has 0 unspecified atom stereocenters. The molecule has 0 aromatic heterocycles. The van der Waals surface area contributed by atoms with Gasteiger partial charge in [-0.05, 0) is 97.3 Å². The number of hydrogen-bond donors (Lipinski definition) is 1. The summed E-state index contributed by atoms with van der Waals surface area (Å²) in [6.07, 6.45) is 0. The van der Waals surface area contributed by atoms with E-state index in [1.807, 2.05) is 36.4 Å². The lowest BCUT2D eigenvalue weighted by atomic mass is 10.0. The lowest BCUT2D eigenvalue weighted by molar-refractivity contribution is 0.100. The van der Waals surface area contributed by atoms with Crippen LogP contribution in [-0.4, -0.2) is 36.7 Å². The molecule has 6 nitrogen and oxygen atoms in total. The molecule has 0 aliphatic carbocycles. The number of methoxy groups -OCH3 is 2. The van der Waals surface area contributed by atoms with E-state index in [4.69, 9.17) is 9.47 Å². The van der Waals surface area contributed by atoms with Crippen LogP contribution in [0.5, 0.6) is 17.2 Å².